The van der Waals surface area contributed by atoms with Gasteiger partial charge in [-0.25, -0.2) is 13.2 Å². The van der Waals surface area contributed by atoms with Gasteiger partial charge in [-0.2, -0.15) is 5.10 Å². The Balaban J connectivity index is 1.80. The Kier molecular flexibility index (Phi) is 9.18. The van der Waals surface area contributed by atoms with Gasteiger partial charge in [0.05, 0.1) is 29.2 Å². The van der Waals surface area contributed by atoms with E-state index in [-0.39, 0.29) is 18.5 Å². The molecule has 2 heterocycles. The fraction of sp³-hybridized carbons (Fsp3) is 0.417. The van der Waals surface area contributed by atoms with Crippen LogP contribution in [-0.2, 0) is 16.1 Å². The highest BCUT2D eigenvalue weighted by Crippen LogP contribution is 2.33. The van der Waals surface area contributed by atoms with Crippen molar-refractivity contribution in [3.8, 4) is 0 Å². The van der Waals surface area contributed by atoms with Gasteiger partial charge in [-0.15, -0.1) is 5.10 Å². The maximum Gasteiger partial charge on any atom is 0.272 e. The molecule has 0 unspecified atom stereocenters. The maximum atomic E-state index is 14.2. The number of benzene rings is 1. The van der Waals surface area contributed by atoms with Crippen molar-refractivity contribution in [2.75, 3.05) is 43.6 Å². The lowest BCUT2D eigenvalue weighted by Gasteiger charge is -2.38. The summed E-state index contributed by atoms with van der Waals surface area (Å²) in [6.45, 7) is 4.37. The zero-order valence-electron chi connectivity index (χ0n) is 19.8. The summed E-state index contributed by atoms with van der Waals surface area (Å²) in [5, 5.41) is 6.96. The van der Waals surface area contributed by atoms with Gasteiger partial charge in [0.2, 0.25) is 12.3 Å². The summed E-state index contributed by atoms with van der Waals surface area (Å²) >= 11 is 0. The zero-order chi connectivity index (χ0) is 25.4. The van der Waals surface area contributed by atoms with Crippen LogP contribution in [0.15, 0.2) is 46.7 Å². The lowest BCUT2D eigenvalue weighted by molar-refractivity contribution is -0.107. The molecule has 3 rings (SSSR count). The van der Waals surface area contributed by atoms with Crippen LogP contribution in [0.4, 0.5) is 24.5 Å². The Bertz CT molecular complexity index is 1030. The number of halogens is 3. The third-order valence-corrected chi connectivity index (χ3v) is 5.90. The molecule has 2 aromatic rings. The Morgan fingerprint density at radius 3 is 2.63 bits per heavy atom. The van der Waals surface area contributed by atoms with E-state index in [9.17, 15) is 18.0 Å². The SMILES string of the molecule is C=N/N=C(\OCC(F)F)c1ccc(CN(C=O)c2cc(F)ccc2N(C)C2CCN(C)CC2)nc1. The van der Waals surface area contributed by atoms with Crippen LogP contribution in [0.2, 0.25) is 0 Å². The monoisotopic (exact) mass is 490 g/mol. The molecule has 1 aliphatic heterocycles. The highest BCUT2D eigenvalue weighted by atomic mass is 19.3. The minimum absolute atomic E-state index is 0.0750. The standard InChI is InChI=1S/C24H29F3N6O2/c1-28-30-24(35-15-23(26)27)17-4-6-19(29-13-17)14-33(16-34)22-12-18(25)5-7-21(22)32(3)20-8-10-31(2)11-9-20/h4-7,12-13,16,20,23H,1,8-11,14-15H2,2-3H3/b30-24-. The average Bonchev–Trinajstić information content (AvgIpc) is 2.85. The highest BCUT2D eigenvalue weighted by Gasteiger charge is 2.24. The van der Waals surface area contributed by atoms with Crippen LogP contribution in [-0.4, -0.2) is 75.2 Å². The molecule has 0 atom stereocenters. The van der Waals surface area contributed by atoms with E-state index in [2.05, 4.69) is 38.8 Å². The van der Waals surface area contributed by atoms with Crippen molar-refractivity contribution in [3.05, 3.63) is 53.6 Å². The predicted octanol–water partition coefficient (Wildman–Crippen LogP) is 3.56. The number of carbonyl (C=O) groups excluding carboxylic acids is 1. The van der Waals surface area contributed by atoms with Crippen molar-refractivity contribution >= 4 is 30.4 Å². The van der Waals surface area contributed by atoms with Crippen LogP contribution in [0.25, 0.3) is 0 Å². The summed E-state index contributed by atoms with van der Waals surface area (Å²) in [4.78, 5) is 22.1. The number of nitrogens with zero attached hydrogens (tertiary/aromatic N) is 6. The number of ether oxygens (including phenoxy) is 1. The van der Waals surface area contributed by atoms with Gasteiger partial charge >= 0.3 is 0 Å². The number of anilines is 2. The van der Waals surface area contributed by atoms with Crippen molar-refractivity contribution in [1.82, 2.24) is 9.88 Å². The summed E-state index contributed by atoms with van der Waals surface area (Å²) in [6.07, 6.45) is 1.27. The van der Waals surface area contributed by atoms with E-state index in [4.69, 9.17) is 4.74 Å². The van der Waals surface area contributed by atoms with Gasteiger partial charge in [-0.05, 0) is 63.3 Å². The number of amides is 1. The maximum absolute atomic E-state index is 14.2. The first-order chi connectivity index (χ1) is 16.8. The average molecular weight is 491 g/mol. The summed E-state index contributed by atoms with van der Waals surface area (Å²) in [5.74, 6) is -0.594. The van der Waals surface area contributed by atoms with Gasteiger partial charge in [0.15, 0.2) is 6.61 Å². The normalized spacial score (nSPS) is 15.2. The van der Waals surface area contributed by atoms with Crippen LogP contribution >= 0.6 is 0 Å². The molecule has 0 aliphatic carbocycles. The van der Waals surface area contributed by atoms with Gasteiger partial charge in [0.1, 0.15) is 5.82 Å². The molecule has 0 N–H and O–H groups in total. The van der Waals surface area contributed by atoms with Crippen LogP contribution in [0.3, 0.4) is 0 Å². The molecule has 0 bridgehead atoms. The van der Waals surface area contributed by atoms with E-state index >= 15 is 0 Å². The molecule has 188 valence electrons. The zero-order valence-corrected chi connectivity index (χ0v) is 19.8. The van der Waals surface area contributed by atoms with E-state index in [1.165, 1.54) is 23.2 Å². The molecule has 0 saturated carbocycles. The molecule has 11 heteroatoms. The van der Waals surface area contributed by atoms with Crippen molar-refractivity contribution in [2.45, 2.75) is 31.9 Å². The van der Waals surface area contributed by atoms with Crippen molar-refractivity contribution in [1.29, 1.82) is 0 Å². The molecule has 1 aliphatic rings. The summed E-state index contributed by atoms with van der Waals surface area (Å²) in [7, 11) is 4.04. The van der Waals surface area contributed by atoms with Crippen molar-refractivity contribution in [3.63, 3.8) is 0 Å². The number of aromatic nitrogens is 1. The van der Waals surface area contributed by atoms with Gasteiger partial charge in [0, 0.05) is 26.0 Å². The first-order valence-corrected chi connectivity index (χ1v) is 11.1. The first kappa shape index (κ1) is 26.1. The largest absolute Gasteiger partial charge is 0.470 e. The van der Waals surface area contributed by atoms with E-state index < -0.39 is 18.8 Å². The predicted molar refractivity (Wildman–Crippen MR) is 130 cm³/mol. The van der Waals surface area contributed by atoms with E-state index in [0.717, 1.165) is 31.6 Å². The molecule has 1 aromatic carbocycles. The second-order valence-corrected chi connectivity index (χ2v) is 8.30. The number of pyridine rings is 1. The molecule has 1 aromatic heterocycles. The molecule has 8 nitrogen and oxygen atoms in total. The Labute approximate surface area is 202 Å². The molecule has 35 heavy (non-hydrogen) atoms. The molecule has 1 saturated heterocycles. The molecule has 0 radical (unpaired) electrons. The number of carbonyl (C=O) groups is 1. The van der Waals surface area contributed by atoms with E-state index in [1.807, 2.05) is 7.05 Å². The lowest BCUT2D eigenvalue weighted by Crippen LogP contribution is -2.42. The van der Waals surface area contributed by atoms with Gasteiger partial charge < -0.3 is 19.4 Å². The Morgan fingerprint density at radius 1 is 1.29 bits per heavy atom. The Hall–Kier alpha value is -3.47. The fourth-order valence-electron chi connectivity index (χ4n) is 3.98. The third-order valence-electron chi connectivity index (χ3n) is 5.90. The quantitative estimate of drug-likeness (QED) is 0.220. The number of likely N-dealkylation sites (tertiary alicyclic amines) is 1. The second-order valence-electron chi connectivity index (χ2n) is 8.30. The molecular formula is C24H29F3N6O2. The number of hydrogen-bond acceptors (Lipinski definition) is 7. The number of piperidine rings is 1. The van der Waals surface area contributed by atoms with Crippen LogP contribution < -0.4 is 9.80 Å². The molecule has 0 spiro atoms. The van der Waals surface area contributed by atoms with Crippen molar-refractivity contribution < 1.29 is 22.7 Å². The highest BCUT2D eigenvalue weighted by molar-refractivity contribution is 5.93. The minimum Gasteiger partial charge on any atom is -0.470 e. The summed E-state index contributed by atoms with van der Waals surface area (Å²) < 4.78 is 44.2. The first-order valence-electron chi connectivity index (χ1n) is 11.1. The molecule has 1 fully saturated rings. The topological polar surface area (TPSA) is 73.6 Å². The number of hydrogen-bond donors (Lipinski definition) is 0. The minimum atomic E-state index is -2.67. The van der Waals surface area contributed by atoms with E-state index in [0.29, 0.717) is 23.4 Å². The number of alkyl halides is 2. The van der Waals surface area contributed by atoms with Gasteiger partial charge in [-0.3, -0.25) is 9.78 Å². The van der Waals surface area contributed by atoms with Crippen LogP contribution in [0, 0.1) is 5.82 Å². The summed E-state index contributed by atoms with van der Waals surface area (Å²) in [5.41, 5.74) is 2.01. The van der Waals surface area contributed by atoms with Gasteiger partial charge in [-0.1, -0.05) is 0 Å². The van der Waals surface area contributed by atoms with Crippen LogP contribution in [0.1, 0.15) is 24.1 Å². The third kappa shape index (κ3) is 7.01. The van der Waals surface area contributed by atoms with Crippen molar-refractivity contribution in [2.24, 2.45) is 10.2 Å². The Morgan fingerprint density at radius 2 is 2.03 bits per heavy atom. The smallest absolute Gasteiger partial charge is 0.272 e. The molecular weight excluding hydrogens is 461 g/mol. The van der Waals surface area contributed by atoms with Gasteiger partial charge in [0.25, 0.3) is 6.43 Å². The number of rotatable bonds is 10. The summed E-state index contributed by atoms with van der Waals surface area (Å²) in [6, 6.07) is 7.84. The van der Waals surface area contributed by atoms with Crippen LogP contribution in [0.5, 0.6) is 0 Å². The molecule has 1 amide bonds. The second kappa shape index (κ2) is 12.3. The fourth-order valence-corrected chi connectivity index (χ4v) is 3.98. The van der Waals surface area contributed by atoms with E-state index in [1.54, 1.807) is 18.2 Å². The lowest BCUT2D eigenvalue weighted by atomic mass is 10.0.